The van der Waals surface area contributed by atoms with E-state index in [1.54, 1.807) is 48.7 Å². The van der Waals surface area contributed by atoms with Crippen molar-refractivity contribution in [1.82, 2.24) is 14.8 Å². The third-order valence-corrected chi connectivity index (χ3v) is 8.33. The van der Waals surface area contributed by atoms with Gasteiger partial charge in [0.05, 0.1) is 16.2 Å². The molecule has 3 aromatic carbocycles. The smallest absolute Gasteiger partial charge is 0.253 e. The molecule has 1 aliphatic rings. The van der Waals surface area contributed by atoms with E-state index < -0.39 is 9.84 Å². The molecule has 1 aliphatic heterocycles. The lowest BCUT2D eigenvalue weighted by atomic mass is 10.1. The van der Waals surface area contributed by atoms with Crippen LogP contribution in [0, 0.1) is 0 Å². The fourth-order valence-electron chi connectivity index (χ4n) is 4.72. The highest BCUT2D eigenvalue weighted by atomic mass is 32.2. The largest absolute Gasteiger partial charge is 0.337 e. The van der Waals surface area contributed by atoms with Crippen molar-refractivity contribution in [1.29, 1.82) is 0 Å². The Morgan fingerprint density at radius 1 is 0.778 bits per heavy atom. The highest BCUT2D eigenvalue weighted by Crippen LogP contribution is 2.24. The summed E-state index contributed by atoms with van der Waals surface area (Å²) in [5, 5.41) is 0.791. The van der Waals surface area contributed by atoms with Crippen LogP contribution in [0.3, 0.4) is 0 Å². The summed E-state index contributed by atoms with van der Waals surface area (Å²) < 4.78 is 26.3. The molecule has 0 aliphatic carbocycles. The number of benzene rings is 3. The van der Waals surface area contributed by atoms with Crippen LogP contribution >= 0.6 is 0 Å². The Kier molecular flexibility index (Phi) is 7.11. The zero-order chi connectivity index (χ0) is 25.0. The van der Waals surface area contributed by atoms with E-state index in [1.165, 1.54) is 5.56 Å². The number of nitrogens with zero attached hydrogens (tertiary/aromatic N) is 3. The molecule has 7 heteroatoms. The molecular formula is C29H29N3O3S. The molecule has 4 aromatic rings. The van der Waals surface area contributed by atoms with Crippen molar-refractivity contribution < 1.29 is 13.2 Å². The van der Waals surface area contributed by atoms with E-state index in [4.69, 9.17) is 0 Å². The highest BCUT2D eigenvalue weighted by Gasteiger charge is 2.22. The molecule has 6 nitrogen and oxygen atoms in total. The third kappa shape index (κ3) is 5.48. The quantitative estimate of drug-likeness (QED) is 0.389. The first kappa shape index (κ1) is 24.2. The minimum atomic E-state index is -3.59. The SMILES string of the molecule is O=C(c1ccc(CS(=O)(=O)c2cccc3cccnc23)cc1)N1CCCN(Cc2ccccc2)CC1. The zero-order valence-corrected chi connectivity index (χ0v) is 20.9. The van der Waals surface area contributed by atoms with E-state index in [0.717, 1.165) is 31.4 Å². The summed E-state index contributed by atoms with van der Waals surface area (Å²) in [5.41, 5.74) is 2.99. The number of hydrogen-bond donors (Lipinski definition) is 0. The molecule has 0 saturated carbocycles. The Morgan fingerprint density at radius 3 is 2.36 bits per heavy atom. The van der Waals surface area contributed by atoms with Gasteiger partial charge < -0.3 is 4.90 Å². The molecule has 184 valence electrons. The second-order valence-corrected chi connectivity index (χ2v) is 11.2. The number of fused-ring (bicyclic) bond motifs is 1. The second kappa shape index (κ2) is 10.6. The van der Waals surface area contributed by atoms with Gasteiger partial charge in [-0.1, -0.05) is 60.7 Å². The Bertz CT molecular complexity index is 1450. The number of carbonyl (C=O) groups excluding carboxylic acids is 1. The number of amides is 1. The standard InChI is InChI=1S/C29H29N3O3S/c33-29(32-18-6-17-31(19-20-32)21-23-7-2-1-3-8-23)26-14-12-24(13-15-26)22-36(34,35)27-11-4-9-25-10-5-16-30-28(25)27/h1-5,7-16H,6,17-22H2. The summed E-state index contributed by atoms with van der Waals surface area (Å²) in [6.45, 7) is 4.07. The maximum Gasteiger partial charge on any atom is 0.253 e. The van der Waals surface area contributed by atoms with Crippen LogP contribution in [-0.2, 0) is 22.1 Å². The van der Waals surface area contributed by atoms with Gasteiger partial charge in [-0.2, -0.15) is 0 Å². The van der Waals surface area contributed by atoms with Crippen molar-refractivity contribution in [2.24, 2.45) is 0 Å². The lowest BCUT2D eigenvalue weighted by molar-refractivity contribution is 0.0761. The van der Waals surface area contributed by atoms with Crippen molar-refractivity contribution >= 4 is 26.6 Å². The number of carbonyl (C=O) groups is 1. The predicted octanol–water partition coefficient (Wildman–Crippen LogP) is 4.56. The fraction of sp³-hybridized carbons (Fsp3) is 0.241. The van der Waals surface area contributed by atoms with Crippen molar-refractivity contribution in [3.05, 3.63) is 108 Å². The molecule has 5 rings (SSSR count). The summed E-state index contributed by atoms with van der Waals surface area (Å²) >= 11 is 0. The van der Waals surface area contributed by atoms with E-state index >= 15 is 0 Å². The van der Waals surface area contributed by atoms with E-state index in [-0.39, 0.29) is 16.6 Å². The van der Waals surface area contributed by atoms with Gasteiger partial charge in [-0.25, -0.2) is 8.42 Å². The molecule has 2 heterocycles. The van der Waals surface area contributed by atoms with E-state index in [1.807, 2.05) is 23.1 Å². The van der Waals surface area contributed by atoms with Gasteiger partial charge in [0.2, 0.25) is 0 Å². The second-order valence-electron chi connectivity index (χ2n) is 9.19. The van der Waals surface area contributed by atoms with Crippen LogP contribution in [0.4, 0.5) is 0 Å². The summed E-state index contributed by atoms with van der Waals surface area (Å²) in [6.07, 6.45) is 2.53. The Hall–Kier alpha value is -3.55. The van der Waals surface area contributed by atoms with Gasteiger partial charge in [0.25, 0.3) is 5.91 Å². The van der Waals surface area contributed by atoms with Crippen molar-refractivity contribution in [2.75, 3.05) is 26.2 Å². The summed E-state index contributed by atoms with van der Waals surface area (Å²) in [7, 11) is -3.59. The first-order valence-electron chi connectivity index (χ1n) is 12.2. The van der Waals surface area contributed by atoms with Crippen LogP contribution < -0.4 is 0 Å². The minimum Gasteiger partial charge on any atom is -0.337 e. The molecule has 1 amide bonds. The molecule has 36 heavy (non-hydrogen) atoms. The van der Waals surface area contributed by atoms with Gasteiger partial charge in [0.15, 0.2) is 9.84 Å². The Morgan fingerprint density at radius 2 is 1.56 bits per heavy atom. The minimum absolute atomic E-state index is 0.00998. The van der Waals surface area contributed by atoms with Crippen LogP contribution in [0.15, 0.2) is 96.0 Å². The maximum absolute atomic E-state index is 13.2. The van der Waals surface area contributed by atoms with Gasteiger partial charge >= 0.3 is 0 Å². The van der Waals surface area contributed by atoms with Crippen molar-refractivity contribution in [3.8, 4) is 0 Å². The fourth-order valence-corrected chi connectivity index (χ4v) is 6.26. The van der Waals surface area contributed by atoms with E-state index in [0.29, 0.717) is 29.7 Å². The number of sulfone groups is 1. The molecule has 0 radical (unpaired) electrons. The molecule has 0 spiro atoms. The third-order valence-electron chi connectivity index (χ3n) is 6.61. The summed E-state index contributed by atoms with van der Waals surface area (Å²) in [6, 6.07) is 26.2. The Labute approximate surface area is 212 Å². The average molecular weight is 500 g/mol. The lowest BCUT2D eigenvalue weighted by Gasteiger charge is -2.22. The van der Waals surface area contributed by atoms with Gasteiger partial charge in [0.1, 0.15) is 0 Å². The highest BCUT2D eigenvalue weighted by molar-refractivity contribution is 7.90. The molecule has 0 unspecified atom stereocenters. The van der Waals surface area contributed by atoms with Gasteiger partial charge in [-0.15, -0.1) is 0 Å². The number of pyridine rings is 1. The van der Waals surface area contributed by atoms with Crippen LogP contribution in [0.5, 0.6) is 0 Å². The molecular weight excluding hydrogens is 470 g/mol. The lowest BCUT2D eigenvalue weighted by Crippen LogP contribution is -2.35. The van der Waals surface area contributed by atoms with Gasteiger partial charge in [0, 0.05) is 49.9 Å². The van der Waals surface area contributed by atoms with Gasteiger partial charge in [-0.05, 0) is 41.8 Å². The average Bonchev–Trinajstić information content (AvgIpc) is 3.14. The van der Waals surface area contributed by atoms with Crippen molar-refractivity contribution in [2.45, 2.75) is 23.6 Å². The van der Waals surface area contributed by atoms with Gasteiger partial charge in [-0.3, -0.25) is 14.7 Å². The van der Waals surface area contributed by atoms with Crippen LogP contribution in [0.25, 0.3) is 10.9 Å². The van der Waals surface area contributed by atoms with Crippen LogP contribution in [0.1, 0.15) is 27.9 Å². The summed E-state index contributed by atoms with van der Waals surface area (Å²) in [4.78, 5) is 22.0. The first-order valence-corrected chi connectivity index (χ1v) is 13.9. The van der Waals surface area contributed by atoms with Crippen LogP contribution in [0.2, 0.25) is 0 Å². The number of para-hydroxylation sites is 1. The van der Waals surface area contributed by atoms with Crippen molar-refractivity contribution in [3.63, 3.8) is 0 Å². The molecule has 0 atom stereocenters. The molecule has 1 aromatic heterocycles. The first-order chi connectivity index (χ1) is 17.5. The number of hydrogen-bond acceptors (Lipinski definition) is 5. The summed E-state index contributed by atoms with van der Waals surface area (Å²) in [5.74, 6) is -0.154. The molecule has 0 bridgehead atoms. The maximum atomic E-state index is 13.2. The zero-order valence-electron chi connectivity index (χ0n) is 20.1. The number of rotatable bonds is 6. The van der Waals surface area contributed by atoms with E-state index in [2.05, 4.69) is 34.1 Å². The topological polar surface area (TPSA) is 70.6 Å². The monoisotopic (exact) mass is 499 g/mol. The number of aromatic nitrogens is 1. The molecule has 1 saturated heterocycles. The van der Waals surface area contributed by atoms with E-state index in [9.17, 15) is 13.2 Å². The Balaban J connectivity index is 1.24. The predicted molar refractivity (Wildman–Crippen MR) is 141 cm³/mol. The molecule has 0 N–H and O–H groups in total. The van der Waals surface area contributed by atoms with Crippen LogP contribution in [-0.4, -0.2) is 55.3 Å². The normalized spacial score (nSPS) is 15.1. The molecule has 1 fully saturated rings.